The highest BCUT2D eigenvalue weighted by Crippen LogP contribution is 2.23. The Morgan fingerprint density at radius 2 is 1.89 bits per heavy atom. The second kappa shape index (κ2) is 8.67. The summed E-state index contributed by atoms with van der Waals surface area (Å²) in [5.41, 5.74) is 0.572. The summed E-state index contributed by atoms with van der Waals surface area (Å²) in [6, 6.07) is 10.8. The third-order valence-electron chi connectivity index (χ3n) is 4.18. The lowest BCUT2D eigenvalue weighted by Gasteiger charge is -2.34. The van der Waals surface area contributed by atoms with Crippen molar-refractivity contribution in [2.75, 3.05) is 43.5 Å². The zero-order chi connectivity index (χ0) is 19.1. The Kier molecular flexibility index (Phi) is 5.84. The van der Waals surface area contributed by atoms with Crippen molar-refractivity contribution in [3.05, 3.63) is 54.5 Å². The number of aromatic nitrogens is 2. The van der Waals surface area contributed by atoms with Crippen LogP contribution in [0.2, 0.25) is 0 Å². The molecule has 8 nitrogen and oxygen atoms in total. The van der Waals surface area contributed by atoms with Crippen LogP contribution in [0, 0.1) is 11.3 Å². The molecule has 1 aromatic heterocycles. The minimum absolute atomic E-state index is 0.0466. The Morgan fingerprint density at radius 1 is 1.19 bits per heavy atom. The number of benzene rings is 1. The van der Waals surface area contributed by atoms with Gasteiger partial charge in [-0.1, -0.05) is 12.1 Å². The summed E-state index contributed by atoms with van der Waals surface area (Å²) in [7, 11) is 1.53. The quantitative estimate of drug-likeness (QED) is 0.637. The third kappa shape index (κ3) is 4.52. The largest absolute Gasteiger partial charge is 0.495 e. The van der Waals surface area contributed by atoms with Crippen molar-refractivity contribution < 1.29 is 9.53 Å². The minimum atomic E-state index is -0.462. The summed E-state index contributed by atoms with van der Waals surface area (Å²) in [6.45, 7) is 2.78. The van der Waals surface area contributed by atoms with E-state index in [-0.39, 0.29) is 5.57 Å². The van der Waals surface area contributed by atoms with E-state index in [4.69, 9.17) is 4.74 Å². The molecule has 1 saturated heterocycles. The summed E-state index contributed by atoms with van der Waals surface area (Å²) >= 11 is 0. The summed E-state index contributed by atoms with van der Waals surface area (Å²) in [4.78, 5) is 25.0. The zero-order valence-electron chi connectivity index (χ0n) is 15.0. The lowest BCUT2D eigenvalue weighted by Crippen LogP contribution is -2.45. The van der Waals surface area contributed by atoms with Gasteiger partial charge >= 0.3 is 0 Å². The number of nitriles is 1. The van der Waals surface area contributed by atoms with Gasteiger partial charge in [-0.2, -0.15) is 5.26 Å². The molecule has 2 aromatic rings. The monoisotopic (exact) mass is 364 g/mol. The maximum absolute atomic E-state index is 12.5. The molecule has 2 heterocycles. The van der Waals surface area contributed by atoms with Gasteiger partial charge in [-0.05, 0) is 18.2 Å². The molecule has 0 spiro atoms. The summed E-state index contributed by atoms with van der Waals surface area (Å²) in [5.74, 6) is 0.769. The zero-order valence-corrected chi connectivity index (χ0v) is 15.0. The van der Waals surface area contributed by atoms with E-state index in [1.165, 1.54) is 7.11 Å². The first kappa shape index (κ1) is 18.2. The number of anilines is 2. The van der Waals surface area contributed by atoms with Crippen molar-refractivity contribution in [3.8, 4) is 11.8 Å². The Bertz CT molecular complexity index is 854. The predicted octanol–water partition coefficient (Wildman–Crippen LogP) is 1.65. The number of hydrogen-bond acceptors (Lipinski definition) is 7. The Hall–Kier alpha value is -3.60. The number of ether oxygens (including phenoxy) is 1. The molecule has 8 heteroatoms. The number of hydrogen-bond donors (Lipinski definition) is 1. The number of amides is 1. The van der Waals surface area contributed by atoms with Crippen molar-refractivity contribution in [2.24, 2.45) is 0 Å². The summed E-state index contributed by atoms with van der Waals surface area (Å²) in [5, 5.41) is 12.1. The molecule has 138 valence electrons. The predicted molar refractivity (Wildman–Crippen MR) is 101 cm³/mol. The van der Waals surface area contributed by atoms with E-state index in [2.05, 4.69) is 20.2 Å². The van der Waals surface area contributed by atoms with E-state index in [9.17, 15) is 10.1 Å². The highest BCUT2D eigenvalue weighted by atomic mass is 16.5. The van der Waals surface area contributed by atoms with Crippen molar-refractivity contribution >= 4 is 17.5 Å². The second-order valence-corrected chi connectivity index (χ2v) is 5.88. The van der Waals surface area contributed by atoms with E-state index in [0.717, 1.165) is 0 Å². The Morgan fingerprint density at radius 3 is 2.56 bits per heavy atom. The number of carbonyl (C=O) groups is 1. The molecule has 1 aliphatic rings. The Labute approximate surface area is 157 Å². The van der Waals surface area contributed by atoms with Crippen molar-refractivity contribution in [1.82, 2.24) is 14.9 Å². The van der Waals surface area contributed by atoms with E-state index in [1.807, 2.05) is 17.0 Å². The van der Waals surface area contributed by atoms with Crippen LogP contribution >= 0.6 is 0 Å². The van der Waals surface area contributed by atoms with Gasteiger partial charge in [0.15, 0.2) is 0 Å². The molecular formula is C19H20N6O2. The maximum Gasteiger partial charge on any atom is 0.267 e. The maximum atomic E-state index is 12.5. The number of methoxy groups -OCH3 is 1. The molecular weight excluding hydrogens is 344 g/mol. The average Bonchev–Trinajstić information content (AvgIpc) is 2.73. The lowest BCUT2D eigenvalue weighted by molar-refractivity contribution is -0.112. The van der Waals surface area contributed by atoms with E-state index >= 15 is 0 Å². The van der Waals surface area contributed by atoms with Crippen LogP contribution in [0.4, 0.5) is 11.6 Å². The van der Waals surface area contributed by atoms with Gasteiger partial charge < -0.3 is 19.9 Å². The number of carbonyl (C=O) groups excluding carboxylic acids is 1. The van der Waals surface area contributed by atoms with Crippen LogP contribution < -0.4 is 15.0 Å². The van der Waals surface area contributed by atoms with Crippen LogP contribution in [-0.2, 0) is 4.79 Å². The molecule has 27 heavy (non-hydrogen) atoms. The number of piperazine rings is 1. The topological polar surface area (TPSA) is 94.4 Å². The molecule has 1 fully saturated rings. The first-order valence-corrected chi connectivity index (χ1v) is 8.53. The molecule has 0 unspecified atom stereocenters. The van der Waals surface area contributed by atoms with Crippen molar-refractivity contribution in [3.63, 3.8) is 0 Å². The number of para-hydroxylation sites is 2. The number of rotatable bonds is 5. The van der Waals surface area contributed by atoms with Crippen LogP contribution in [0.15, 0.2) is 54.5 Å². The molecule has 1 N–H and O–H groups in total. The highest BCUT2D eigenvalue weighted by molar-refractivity contribution is 6.07. The fraction of sp³-hybridized carbons (Fsp3) is 0.263. The van der Waals surface area contributed by atoms with Crippen LogP contribution in [0.5, 0.6) is 5.75 Å². The Balaban J connectivity index is 1.63. The molecule has 0 saturated carbocycles. The van der Waals surface area contributed by atoms with Crippen molar-refractivity contribution in [1.29, 1.82) is 5.26 Å². The van der Waals surface area contributed by atoms with Gasteiger partial charge in [0.2, 0.25) is 5.95 Å². The molecule has 1 aromatic carbocycles. The summed E-state index contributed by atoms with van der Waals surface area (Å²) < 4.78 is 5.22. The normalized spacial score (nSPS) is 14.4. The van der Waals surface area contributed by atoms with Crippen LogP contribution in [0.25, 0.3) is 0 Å². The van der Waals surface area contributed by atoms with Gasteiger partial charge in [-0.3, -0.25) is 4.79 Å². The standard InChI is InChI=1S/C19H20N6O2/c1-27-17-6-3-2-5-16(17)23-18(26)15(13-20)14-24-9-11-25(12-10-24)19-21-7-4-8-22-19/h2-8,14H,9-12H2,1H3,(H,23,26)/b15-14-. The minimum Gasteiger partial charge on any atom is -0.495 e. The molecule has 0 atom stereocenters. The van der Waals surface area contributed by atoms with Gasteiger partial charge in [0.25, 0.3) is 5.91 Å². The second-order valence-electron chi connectivity index (χ2n) is 5.88. The van der Waals surface area contributed by atoms with E-state index in [1.54, 1.807) is 42.9 Å². The highest BCUT2D eigenvalue weighted by Gasteiger charge is 2.19. The molecule has 0 aliphatic carbocycles. The molecule has 0 bridgehead atoms. The van der Waals surface area contributed by atoms with Crippen LogP contribution in [0.1, 0.15) is 0 Å². The molecule has 0 radical (unpaired) electrons. The van der Waals surface area contributed by atoms with Gasteiger partial charge in [0.05, 0.1) is 12.8 Å². The van der Waals surface area contributed by atoms with Gasteiger partial charge in [-0.15, -0.1) is 0 Å². The van der Waals surface area contributed by atoms with E-state index < -0.39 is 5.91 Å². The molecule has 1 amide bonds. The average molecular weight is 364 g/mol. The van der Waals surface area contributed by atoms with Crippen LogP contribution in [0.3, 0.4) is 0 Å². The lowest BCUT2D eigenvalue weighted by atomic mass is 10.2. The fourth-order valence-corrected chi connectivity index (χ4v) is 2.76. The van der Waals surface area contributed by atoms with Gasteiger partial charge in [0.1, 0.15) is 17.4 Å². The first-order valence-electron chi connectivity index (χ1n) is 8.53. The number of nitrogens with zero attached hydrogens (tertiary/aromatic N) is 5. The van der Waals surface area contributed by atoms with Crippen LogP contribution in [-0.4, -0.2) is 54.1 Å². The fourth-order valence-electron chi connectivity index (χ4n) is 2.76. The molecule has 1 aliphatic heterocycles. The number of nitrogens with one attached hydrogen (secondary N) is 1. The SMILES string of the molecule is COc1ccccc1NC(=O)/C(C#N)=C\N1CCN(c2ncccn2)CC1. The van der Waals surface area contributed by atoms with E-state index in [0.29, 0.717) is 43.6 Å². The smallest absolute Gasteiger partial charge is 0.267 e. The third-order valence-corrected chi connectivity index (χ3v) is 4.18. The first-order chi connectivity index (χ1) is 13.2. The molecule has 3 rings (SSSR count). The van der Waals surface area contributed by atoms with Crippen molar-refractivity contribution in [2.45, 2.75) is 0 Å². The van der Waals surface area contributed by atoms with Gasteiger partial charge in [0, 0.05) is 44.8 Å². The van der Waals surface area contributed by atoms with Gasteiger partial charge in [-0.25, -0.2) is 9.97 Å². The summed E-state index contributed by atoms with van der Waals surface area (Å²) in [6.07, 6.45) is 5.03.